The van der Waals surface area contributed by atoms with Crippen LogP contribution in [-0.2, 0) is 30.4 Å². The Morgan fingerprint density at radius 2 is 1.55 bits per heavy atom. The molecule has 1 N–H and O–H groups in total. The van der Waals surface area contributed by atoms with Gasteiger partial charge >= 0.3 is 6.18 Å². The van der Waals surface area contributed by atoms with Gasteiger partial charge in [0.2, 0.25) is 0 Å². The monoisotopic (exact) mass is 543 g/mol. The second-order valence-corrected chi connectivity index (χ2v) is 11.1. The molecular weight excluding hydrogens is 511 g/mol. The van der Waals surface area contributed by atoms with Gasteiger partial charge in [0.1, 0.15) is 5.75 Å². The maximum Gasteiger partial charge on any atom is 0.416 e. The fourth-order valence-electron chi connectivity index (χ4n) is 4.48. The van der Waals surface area contributed by atoms with Gasteiger partial charge in [-0.05, 0) is 84.2 Å². The minimum absolute atomic E-state index is 0.156. The second-order valence-electron chi connectivity index (χ2n) is 9.32. The van der Waals surface area contributed by atoms with Crippen molar-refractivity contribution in [2.24, 2.45) is 0 Å². The molecule has 5 nitrogen and oxygen atoms in total. The number of carbonyl (C=O) groups is 1. The van der Waals surface area contributed by atoms with Crippen molar-refractivity contribution in [2.45, 2.75) is 37.5 Å². The van der Waals surface area contributed by atoms with Crippen LogP contribution in [0.15, 0.2) is 77.7 Å². The molecule has 1 saturated heterocycles. The van der Waals surface area contributed by atoms with Gasteiger partial charge in [-0.3, -0.25) is 9.69 Å². The van der Waals surface area contributed by atoms with Crippen LogP contribution in [0.5, 0.6) is 0 Å². The Bertz CT molecular complexity index is 1190. The van der Waals surface area contributed by atoms with E-state index in [4.69, 9.17) is 0 Å². The molecule has 0 aliphatic carbocycles. The third-order valence-corrected chi connectivity index (χ3v) is 7.99. The number of rotatable bonds is 8. The number of anilines is 1. The average molecular weight is 544 g/mol. The van der Waals surface area contributed by atoms with Crippen LogP contribution in [0.3, 0.4) is 0 Å². The molecule has 9 heteroatoms. The van der Waals surface area contributed by atoms with Gasteiger partial charge in [0.25, 0.3) is 5.91 Å². The normalized spacial score (nSPS) is 15.7. The standard InChI is InChI=1S/C29H32F3N3O2S/c1-2-38(37)27-14-6-22(7-15-27)20-33-28(36)24-8-12-26(13-9-24)35-17-3-16-34(18-19-35)21-23-4-10-25(11-5-23)29(30,31)32/h4-15H,2-3,16-21H2,1H3,(H,33,36). The average Bonchev–Trinajstić information content (AvgIpc) is 3.17. The molecule has 3 aromatic carbocycles. The van der Waals surface area contributed by atoms with E-state index in [0.717, 1.165) is 66.4 Å². The second kappa shape index (κ2) is 12.7. The van der Waals surface area contributed by atoms with E-state index in [2.05, 4.69) is 15.1 Å². The minimum atomic E-state index is -4.32. The number of hydrogen-bond donors (Lipinski definition) is 1. The quantitative estimate of drug-likeness (QED) is 0.383. The van der Waals surface area contributed by atoms with E-state index in [9.17, 15) is 22.5 Å². The molecule has 1 amide bonds. The van der Waals surface area contributed by atoms with Crippen molar-refractivity contribution in [2.75, 3.05) is 36.8 Å². The Labute approximate surface area is 224 Å². The highest BCUT2D eigenvalue weighted by atomic mass is 32.2. The Morgan fingerprint density at radius 3 is 2.18 bits per heavy atom. The summed E-state index contributed by atoms with van der Waals surface area (Å²) in [6, 6.07) is 20.4. The number of halogens is 3. The summed E-state index contributed by atoms with van der Waals surface area (Å²) in [5, 5.41) is 2.93. The number of nitrogens with zero attached hydrogens (tertiary/aromatic N) is 2. The van der Waals surface area contributed by atoms with Gasteiger partial charge in [-0.15, -0.1) is 0 Å². The largest absolute Gasteiger partial charge is 0.611 e. The number of amides is 1. The van der Waals surface area contributed by atoms with E-state index >= 15 is 0 Å². The zero-order valence-electron chi connectivity index (χ0n) is 21.3. The maximum absolute atomic E-state index is 12.8. The molecule has 1 aliphatic rings. The third kappa shape index (κ3) is 7.52. The first-order valence-electron chi connectivity index (χ1n) is 12.7. The van der Waals surface area contributed by atoms with Gasteiger partial charge in [0.15, 0.2) is 4.90 Å². The lowest BCUT2D eigenvalue weighted by atomic mass is 10.1. The summed E-state index contributed by atoms with van der Waals surface area (Å²) in [6.07, 6.45) is -3.38. The fraction of sp³-hybridized carbons (Fsp3) is 0.345. The van der Waals surface area contributed by atoms with Crippen LogP contribution in [0.25, 0.3) is 0 Å². The topological polar surface area (TPSA) is 58.6 Å². The van der Waals surface area contributed by atoms with Crippen molar-refractivity contribution in [3.63, 3.8) is 0 Å². The third-order valence-electron chi connectivity index (χ3n) is 6.67. The minimum Gasteiger partial charge on any atom is -0.611 e. The molecule has 1 heterocycles. The molecule has 0 aromatic heterocycles. The Morgan fingerprint density at radius 1 is 0.895 bits per heavy atom. The molecule has 0 radical (unpaired) electrons. The molecular formula is C29H32F3N3O2S. The highest BCUT2D eigenvalue weighted by Crippen LogP contribution is 2.29. The molecule has 202 valence electrons. The summed E-state index contributed by atoms with van der Waals surface area (Å²) in [4.78, 5) is 18.0. The summed E-state index contributed by atoms with van der Waals surface area (Å²) in [6.45, 7) is 6.22. The van der Waals surface area contributed by atoms with E-state index in [0.29, 0.717) is 24.4 Å². The first-order chi connectivity index (χ1) is 18.2. The van der Waals surface area contributed by atoms with Crippen molar-refractivity contribution in [3.05, 3.63) is 95.1 Å². The zero-order chi connectivity index (χ0) is 27.1. The Hall–Kier alpha value is -3.01. The summed E-state index contributed by atoms with van der Waals surface area (Å²) in [7, 11) is 0. The first kappa shape index (κ1) is 28.0. The van der Waals surface area contributed by atoms with Crippen molar-refractivity contribution >= 4 is 22.8 Å². The molecule has 0 saturated carbocycles. The summed E-state index contributed by atoms with van der Waals surface area (Å²) < 4.78 is 50.3. The predicted octanol–water partition coefficient (Wildman–Crippen LogP) is 5.48. The number of nitrogens with one attached hydrogen (secondary N) is 1. The molecule has 1 aliphatic heterocycles. The van der Waals surface area contributed by atoms with E-state index in [-0.39, 0.29) is 5.91 Å². The van der Waals surface area contributed by atoms with Crippen molar-refractivity contribution in [1.29, 1.82) is 0 Å². The van der Waals surface area contributed by atoms with E-state index in [1.54, 1.807) is 12.1 Å². The molecule has 1 unspecified atom stereocenters. The lowest BCUT2D eigenvalue weighted by molar-refractivity contribution is -0.137. The molecule has 3 aromatic rings. The molecule has 4 rings (SSSR count). The van der Waals surface area contributed by atoms with Crippen LogP contribution in [0.4, 0.5) is 18.9 Å². The SMILES string of the molecule is CC[S+]([O-])c1ccc(CNC(=O)c2ccc(N3CCCN(Cc4ccc(C(F)(F)F)cc4)CC3)cc2)cc1. The van der Waals surface area contributed by atoms with E-state index in [1.165, 1.54) is 0 Å². The molecule has 1 atom stereocenters. The molecule has 0 bridgehead atoms. The molecule has 1 fully saturated rings. The van der Waals surface area contributed by atoms with Gasteiger partial charge in [-0.1, -0.05) is 24.3 Å². The maximum atomic E-state index is 12.8. The highest BCUT2D eigenvalue weighted by Gasteiger charge is 2.30. The smallest absolute Gasteiger partial charge is 0.416 e. The highest BCUT2D eigenvalue weighted by molar-refractivity contribution is 7.91. The van der Waals surface area contributed by atoms with Crippen molar-refractivity contribution in [1.82, 2.24) is 10.2 Å². The van der Waals surface area contributed by atoms with Crippen LogP contribution in [0.1, 0.15) is 40.4 Å². The van der Waals surface area contributed by atoms with Crippen LogP contribution >= 0.6 is 0 Å². The van der Waals surface area contributed by atoms with Crippen LogP contribution < -0.4 is 10.2 Å². The molecule has 38 heavy (non-hydrogen) atoms. The first-order valence-corrected chi connectivity index (χ1v) is 14.0. The fourth-order valence-corrected chi connectivity index (χ4v) is 5.25. The number of benzene rings is 3. The van der Waals surface area contributed by atoms with Gasteiger partial charge in [-0.25, -0.2) is 0 Å². The van der Waals surface area contributed by atoms with Crippen LogP contribution in [0.2, 0.25) is 0 Å². The predicted molar refractivity (Wildman–Crippen MR) is 145 cm³/mol. The van der Waals surface area contributed by atoms with Gasteiger partial charge in [0, 0.05) is 50.5 Å². The van der Waals surface area contributed by atoms with Gasteiger partial charge in [0.05, 0.1) is 5.56 Å². The summed E-state index contributed by atoms with van der Waals surface area (Å²) in [5.41, 5.74) is 2.81. The van der Waals surface area contributed by atoms with Gasteiger partial charge < -0.3 is 14.8 Å². The van der Waals surface area contributed by atoms with E-state index < -0.39 is 22.9 Å². The summed E-state index contributed by atoms with van der Waals surface area (Å²) in [5.74, 6) is 0.418. The zero-order valence-corrected chi connectivity index (χ0v) is 22.2. The number of carbonyl (C=O) groups excluding carboxylic acids is 1. The van der Waals surface area contributed by atoms with Crippen molar-refractivity contribution < 1.29 is 22.5 Å². The molecule has 0 spiro atoms. The van der Waals surface area contributed by atoms with Crippen LogP contribution in [-0.4, -0.2) is 47.3 Å². The Kier molecular flexibility index (Phi) is 9.35. The van der Waals surface area contributed by atoms with Crippen LogP contribution in [0, 0.1) is 0 Å². The number of alkyl halides is 3. The Balaban J connectivity index is 1.27. The van der Waals surface area contributed by atoms with E-state index in [1.807, 2.05) is 55.5 Å². The number of hydrogen-bond acceptors (Lipinski definition) is 4. The summed E-state index contributed by atoms with van der Waals surface area (Å²) >= 11 is -0.990. The van der Waals surface area contributed by atoms with Gasteiger partial charge in [-0.2, -0.15) is 13.2 Å². The lowest BCUT2D eigenvalue weighted by Crippen LogP contribution is -2.30. The van der Waals surface area contributed by atoms with Crippen molar-refractivity contribution in [3.8, 4) is 0 Å². The lowest BCUT2D eigenvalue weighted by Gasteiger charge is -2.24.